The number of anilines is 2. The zero-order valence-electron chi connectivity index (χ0n) is 15.6. The van der Waals surface area contributed by atoms with E-state index in [2.05, 4.69) is 10.6 Å². The molecule has 0 spiro atoms. The van der Waals surface area contributed by atoms with Gasteiger partial charge in [0.15, 0.2) is 0 Å². The second kappa shape index (κ2) is 8.12. The van der Waals surface area contributed by atoms with E-state index in [1.807, 2.05) is 29.6 Å². The molecule has 3 aromatic rings. The van der Waals surface area contributed by atoms with Crippen molar-refractivity contribution < 1.29 is 22.8 Å². The summed E-state index contributed by atoms with van der Waals surface area (Å²) in [6.45, 7) is 1.45. The van der Waals surface area contributed by atoms with Crippen LogP contribution in [0.3, 0.4) is 0 Å². The van der Waals surface area contributed by atoms with Crippen LogP contribution in [0, 0.1) is 0 Å². The van der Waals surface area contributed by atoms with Crippen molar-refractivity contribution in [2.45, 2.75) is 19.6 Å². The topological polar surface area (TPSA) is 61.4 Å². The lowest BCUT2D eigenvalue weighted by molar-refractivity contribution is -0.137. The highest BCUT2D eigenvalue weighted by atomic mass is 32.1. The molecular formula is C20H18F3N3O2S. The van der Waals surface area contributed by atoms with E-state index in [4.69, 9.17) is 0 Å². The van der Waals surface area contributed by atoms with Gasteiger partial charge in [0.05, 0.1) is 11.3 Å². The molecule has 0 radical (unpaired) electrons. The van der Waals surface area contributed by atoms with Gasteiger partial charge >= 0.3 is 12.2 Å². The Kier molecular flexibility index (Phi) is 5.78. The van der Waals surface area contributed by atoms with Gasteiger partial charge in [-0.2, -0.15) is 13.2 Å². The van der Waals surface area contributed by atoms with Crippen molar-refractivity contribution in [1.82, 2.24) is 4.90 Å². The number of urea groups is 1. The van der Waals surface area contributed by atoms with Crippen LogP contribution in [0.2, 0.25) is 0 Å². The normalized spacial score (nSPS) is 11.3. The van der Waals surface area contributed by atoms with Crippen molar-refractivity contribution in [3.05, 3.63) is 59.0 Å². The van der Waals surface area contributed by atoms with Crippen molar-refractivity contribution in [2.24, 2.45) is 0 Å². The second-order valence-electron chi connectivity index (χ2n) is 6.48. The van der Waals surface area contributed by atoms with Crippen LogP contribution < -0.4 is 10.6 Å². The van der Waals surface area contributed by atoms with Crippen molar-refractivity contribution >= 4 is 44.7 Å². The highest BCUT2D eigenvalue weighted by molar-refractivity contribution is 7.17. The number of hydrogen-bond acceptors (Lipinski definition) is 3. The molecule has 0 saturated heterocycles. The molecule has 0 atom stereocenters. The molecule has 1 heterocycles. The largest absolute Gasteiger partial charge is 0.418 e. The van der Waals surface area contributed by atoms with Gasteiger partial charge in [-0.05, 0) is 40.6 Å². The molecule has 0 unspecified atom stereocenters. The quantitative estimate of drug-likeness (QED) is 0.581. The summed E-state index contributed by atoms with van der Waals surface area (Å²) in [4.78, 5) is 24.9. The number of carbonyl (C=O) groups excluding carboxylic acids is 2. The van der Waals surface area contributed by atoms with Gasteiger partial charge in [-0.15, -0.1) is 11.3 Å². The molecule has 9 heteroatoms. The van der Waals surface area contributed by atoms with E-state index in [9.17, 15) is 22.8 Å². The van der Waals surface area contributed by atoms with Crippen LogP contribution in [0.25, 0.3) is 10.1 Å². The van der Waals surface area contributed by atoms with Gasteiger partial charge in [-0.25, -0.2) is 4.79 Å². The van der Waals surface area contributed by atoms with Gasteiger partial charge in [0, 0.05) is 30.9 Å². The van der Waals surface area contributed by atoms with E-state index >= 15 is 0 Å². The molecule has 0 aliphatic carbocycles. The molecule has 0 fully saturated rings. The lowest BCUT2D eigenvalue weighted by Crippen LogP contribution is -2.31. The minimum absolute atomic E-state index is 0.000853. The fourth-order valence-electron chi connectivity index (χ4n) is 2.86. The first-order valence-electron chi connectivity index (χ1n) is 8.61. The Morgan fingerprint density at radius 2 is 1.83 bits per heavy atom. The molecule has 0 aliphatic rings. The summed E-state index contributed by atoms with van der Waals surface area (Å²) in [5.41, 5.74) is -0.494. The highest BCUT2D eigenvalue weighted by Gasteiger charge is 2.34. The number of nitrogens with zero attached hydrogens (tertiary/aromatic N) is 1. The fourth-order valence-corrected chi connectivity index (χ4v) is 3.82. The summed E-state index contributed by atoms with van der Waals surface area (Å²) in [5.74, 6) is -0.488. The van der Waals surface area contributed by atoms with Crippen LogP contribution in [-0.2, 0) is 17.5 Å². The lowest BCUT2D eigenvalue weighted by atomic mass is 10.1. The lowest BCUT2D eigenvalue weighted by Gasteiger charge is -2.20. The molecule has 1 aromatic heterocycles. The Labute approximate surface area is 169 Å². The maximum Gasteiger partial charge on any atom is 0.418 e. The molecule has 2 aromatic carbocycles. The Hall–Kier alpha value is -3.07. The summed E-state index contributed by atoms with van der Waals surface area (Å²) in [5, 5.41) is 7.56. The third-order valence-electron chi connectivity index (χ3n) is 4.20. The third kappa shape index (κ3) is 4.86. The summed E-state index contributed by atoms with van der Waals surface area (Å²) in [6, 6.07) is 10.3. The summed E-state index contributed by atoms with van der Waals surface area (Å²) >= 11 is 1.54. The van der Waals surface area contributed by atoms with Crippen molar-refractivity contribution in [3.63, 3.8) is 0 Å². The first-order valence-corrected chi connectivity index (χ1v) is 9.49. The number of nitrogens with one attached hydrogen (secondary N) is 2. The molecule has 0 saturated carbocycles. The Morgan fingerprint density at radius 3 is 2.52 bits per heavy atom. The number of carbonyl (C=O) groups is 2. The van der Waals surface area contributed by atoms with Crippen LogP contribution in [0.5, 0.6) is 0 Å². The van der Waals surface area contributed by atoms with Gasteiger partial charge in [-0.1, -0.05) is 18.2 Å². The Balaban J connectivity index is 1.79. The molecule has 152 valence electrons. The molecule has 2 N–H and O–H groups in total. The van der Waals surface area contributed by atoms with Gasteiger partial charge < -0.3 is 15.5 Å². The maximum absolute atomic E-state index is 13.4. The van der Waals surface area contributed by atoms with Crippen LogP contribution in [0.15, 0.2) is 47.8 Å². The minimum atomic E-state index is -4.70. The van der Waals surface area contributed by atoms with E-state index in [-0.39, 0.29) is 17.9 Å². The van der Waals surface area contributed by atoms with Crippen LogP contribution in [0.1, 0.15) is 18.1 Å². The van der Waals surface area contributed by atoms with Gasteiger partial charge in [0.1, 0.15) is 0 Å². The molecule has 29 heavy (non-hydrogen) atoms. The zero-order valence-corrected chi connectivity index (χ0v) is 16.4. The Morgan fingerprint density at radius 1 is 1.10 bits per heavy atom. The SMILES string of the molecule is CC(=O)Nc1ccc(NC(=O)N(C)Cc2csc3ccccc23)c(C(F)(F)F)c1. The maximum atomic E-state index is 13.4. The summed E-state index contributed by atoms with van der Waals surface area (Å²) in [6.07, 6.45) is -4.70. The number of fused-ring (bicyclic) bond motifs is 1. The van der Waals surface area contributed by atoms with E-state index in [1.54, 1.807) is 11.3 Å². The van der Waals surface area contributed by atoms with Gasteiger partial charge in [-0.3, -0.25) is 4.79 Å². The van der Waals surface area contributed by atoms with Crippen molar-refractivity contribution in [1.29, 1.82) is 0 Å². The summed E-state index contributed by atoms with van der Waals surface area (Å²) < 4.78 is 41.3. The van der Waals surface area contributed by atoms with Crippen molar-refractivity contribution in [3.8, 4) is 0 Å². The van der Waals surface area contributed by atoms with Crippen LogP contribution >= 0.6 is 11.3 Å². The summed E-state index contributed by atoms with van der Waals surface area (Å²) in [7, 11) is 1.51. The molecular weight excluding hydrogens is 403 g/mol. The number of hydrogen-bond donors (Lipinski definition) is 2. The average Bonchev–Trinajstić information content (AvgIpc) is 3.04. The molecule has 3 rings (SSSR count). The number of benzene rings is 2. The predicted octanol–water partition coefficient (Wildman–Crippen LogP) is 5.54. The van der Waals surface area contributed by atoms with E-state index in [0.717, 1.165) is 27.8 Å². The van der Waals surface area contributed by atoms with Crippen LogP contribution in [-0.4, -0.2) is 23.9 Å². The van der Waals surface area contributed by atoms with Crippen molar-refractivity contribution in [2.75, 3.05) is 17.7 Å². The second-order valence-corrected chi connectivity index (χ2v) is 7.39. The predicted molar refractivity (Wildman–Crippen MR) is 108 cm³/mol. The van der Waals surface area contributed by atoms with E-state index < -0.39 is 23.7 Å². The number of thiophene rings is 1. The van der Waals surface area contributed by atoms with E-state index in [0.29, 0.717) is 0 Å². The number of halogens is 3. The molecule has 0 bridgehead atoms. The molecule has 0 aliphatic heterocycles. The standard InChI is InChI=1S/C20H18F3N3O2S/c1-12(27)24-14-7-8-17(16(9-14)20(21,22)23)25-19(28)26(2)10-13-11-29-18-6-4-3-5-15(13)18/h3-9,11H,10H2,1-2H3,(H,24,27)(H,25,28). The Bertz CT molecular complexity index is 1060. The third-order valence-corrected chi connectivity index (χ3v) is 5.21. The first-order chi connectivity index (χ1) is 13.6. The molecule has 3 amide bonds. The molecule has 5 nitrogen and oxygen atoms in total. The number of rotatable bonds is 4. The minimum Gasteiger partial charge on any atom is -0.326 e. The highest BCUT2D eigenvalue weighted by Crippen LogP contribution is 2.37. The monoisotopic (exact) mass is 421 g/mol. The van der Waals surface area contributed by atoms with E-state index in [1.165, 1.54) is 24.9 Å². The number of alkyl halides is 3. The van der Waals surface area contributed by atoms with Crippen LogP contribution in [0.4, 0.5) is 29.3 Å². The smallest absolute Gasteiger partial charge is 0.326 e. The fraction of sp³-hybridized carbons (Fsp3) is 0.200. The first kappa shape index (κ1) is 20.7. The van der Waals surface area contributed by atoms with Gasteiger partial charge in [0.2, 0.25) is 5.91 Å². The van der Waals surface area contributed by atoms with Gasteiger partial charge in [0.25, 0.3) is 0 Å². The average molecular weight is 421 g/mol. The number of amides is 3. The zero-order chi connectivity index (χ0) is 21.2.